The molecule has 0 aliphatic heterocycles. The number of nitrogens with zero attached hydrogens (tertiary/aromatic N) is 1. The number of benzene rings is 3. The Labute approximate surface area is 212 Å². The van der Waals surface area contributed by atoms with E-state index in [9.17, 15) is 27.2 Å². The van der Waals surface area contributed by atoms with Crippen molar-refractivity contribution in [3.8, 4) is 11.1 Å². The number of esters is 1. The van der Waals surface area contributed by atoms with Gasteiger partial charge in [0.05, 0.1) is 18.6 Å². The zero-order chi connectivity index (χ0) is 27.0. The minimum Gasteiger partial charge on any atom is -0.466 e. The summed E-state index contributed by atoms with van der Waals surface area (Å²) in [5, 5.41) is 0. The first-order valence-electron chi connectivity index (χ1n) is 11.7. The van der Waals surface area contributed by atoms with Crippen LogP contribution < -0.4 is 0 Å². The lowest BCUT2D eigenvalue weighted by atomic mass is 9.95. The summed E-state index contributed by atoms with van der Waals surface area (Å²) in [5.41, 5.74) is 0.905. The minimum absolute atomic E-state index is 0.00668. The van der Waals surface area contributed by atoms with Gasteiger partial charge in [-0.15, -0.1) is 0 Å². The van der Waals surface area contributed by atoms with Crippen LogP contribution >= 0.6 is 0 Å². The molecule has 3 aromatic rings. The molecule has 0 N–H and O–H groups in total. The van der Waals surface area contributed by atoms with Gasteiger partial charge in [0.1, 0.15) is 12.4 Å². The second-order valence-corrected chi connectivity index (χ2v) is 8.25. The molecular formula is C28H27F4NO4. The monoisotopic (exact) mass is 517 g/mol. The molecule has 0 unspecified atom stereocenters. The predicted octanol–water partition coefficient (Wildman–Crippen LogP) is 6.78. The summed E-state index contributed by atoms with van der Waals surface area (Å²) < 4.78 is 65.3. The summed E-state index contributed by atoms with van der Waals surface area (Å²) in [6, 6.07) is 15.9. The molecule has 0 saturated heterocycles. The Hall–Kier alpha value is -3.88. The molecule has 0 aliphatic rings. The average molecular weight is 518 g/mol. The van der Waals surface area contributed by atoms with E-state index in [1.165, 1.54) is 29.2 Å². The van der Waals surface area contributed by atoms with E-state index in [2.05, 4.69) is 0 Å². The van der Waals surface area contributed by atoms with Crippen molar-refractivity contribution in [2.75, 3.05) is 13.2 Å². The fraction of sp³-hybridized carbons (Fsp3) is 0.286. The van der Waals surface area contributed by atoms with Gasteiger partial charge in [0, 0.05) is 13.1 Å². The summed E-state index contributed by atoms with van der Waals surface area (Å²) in [6.45, 7) is 3.46. The average Bonchev–Trinajstić information content (AvgIpc) is 2.85. The first-order valence-corrected chi connectivity index (χ1v) is 11.7. The standard InChI is InChI=1S/C28H27F4NO4/c1-3-33(27(35)37-18-19-8-6-5-7-9-19)17-22-15-23(28(30,31)32)10-11-25(22)21-12-20(13-24(29)16-21)14-26(34)36-4-2/h5-13,15-16H,3-4,14,17-18H2,1-2H3. The first-order chi connectivity index (χ1) is 17.6. The Morgan fingerprint density at radius 3 is 2.27 bits per heavy atom. The van der Waals surface area contributed by atoms with Crippen molar-refractivity contribution in [1.29, 1.82) is 0 Å². The van der Waals surface area contributed by atoms with E-state index in [1.54, 1.807) is 38.1 Å². The van der Waals surface area contributed by atoms with Gasteiger partial charge in [-0.05, 0) is 65.9 Å². The smallest absolute Gasteiger partial charge is 0.416 e. The molecule has 5 nitrogen and oxygen atoms in total. The van der Waals surface area contributed by atoms with Crippen molar-refractivity contribution in [2.24, 2.45) is 0 Å². The van der Waals surface area contributed by atoms with Crippen molar-refractivity contribution >= 4 is 12.1 Å². The van der Waals surface area contributed by atoms with Crippen LogP contribution in [0.2, 0.25) is 0 Å². The second kappa shape index (κ2) is 12.4. The Morgan fingerprint density at radius 1 is 0.892 bits per heavy atom. The summed E-state index contributed by atoms with van der Waals surface area (Å²) in [5.74, 6) is -1.21. The van der Waals surface area contributed by atoms with Crippen LogP contribution in [-0.4, -0.2) is 30.1 Å². The number of hydrogen-bond acceptors (Lipinski definition) is 4. The molecule has 0 spiro atoms. The fourth-order valence-corrected chi connectivity index (χ4v) is 3.79. The fourth-order valence-electron chi connectivity index (χ4n) is 3.79. The highest BCUT2D eigenvalue weighted by molar-refractivity contribution is 5.75. The van der Waals surface area contributed by atoms with E-state index >= 15 is 0 Å². The van der Waals surface area contributed by atoms with E-state index in [0.717, 1.165) is 17.7 Å². The Bertz CT molecular complexity index is 1230. The van der Waals surface area contributed by atoms with Crippen LogP contribution in [-0.2, 0) is 40.0 Å². The van der Waals surface area contributed by atoms with E-state index in [4.69, 9.17) is 9.47 Å². The number of amides is 1. The molecular weight excluding hydrogens is 490 g/mol. The van der Waals surface area contributed by atoms with Crippen molar-refractivity contribution in [2.45, 2.75) is 39.6 Å². The molecule has 0 aromatic heterocycles. The third kappa shape index (κ3) is 7.80. The Balaban J connectivity index is 1.94. The van der Waals surface area contributed by atoms with Crippen molar-refractivity contribution in [1.82, 2.24) is 4.90 Å². The number of ether oxygens (including phenoxy) is 2. The number of alkyl halides is 3. The van der Waals surface area contributed by atoms with Gasteiger partial charge >= 0.3 is 18.2 Å². The van der Waals surface area contributed by atoms with Crippen LogP contribution in [0.15, 0.2) is 66.7 Å². The highest BCUT2D eigenvalue weighted by atomic mass is 19.4. The quantitative estimate of drug-likeness (QED) is 0.232. The van der Waals surface area contributed by atoms with Crippen LogP contribution in [0, 0.1) is 5.82 Å². The van der Waals surface area contributed by atoms with Gasteiger partial charge in [0.15, 0.2) is 0 Å². The third-order valence-electron chi connectivity index (χ3n) is 5.56. The number of hydrogen-bond donors (Lipinski definition) is 0. The molecule has 37 heavy (non-hydrogen) atoms. The highest BCUT2D eigenvalue weighted by Crippen LogP contribution is 2.34. The van der Waals surface area contributed by atoms with E-state index in [0.29, 0.717) is 11.1 Å². The number of carbonyl (C=O) groups excluding carboxylic acids is 2. The van der Waals surface area contributed by atoms with E-state index in [-0.39, 0.29) is 43.9 Å². The molecule has 0 radical (unpaired) electrons. The number of halogens is 4. The molecule has 196 valence electrons. The zero-order valence-corrected chi connectivity index (χ0v) is 20.5. The second-order valence-electron chi connectivity index (χ2n) is 8.25. The molecule has 1 amide bonds. The maximum Gasteiger partial charge on any atom is 0.416 e. The van der Waals surface area contributed by atoms with Gasteiger partial charge in [-0.25, -0.2) is 9.18 Å². The molecule has 3 rings (SSSR count). The normalized spacial score (nSPS) is 11.2. The van der Waals surface area contributed by atoms with Gasteiger partial charge in [-0.2, -0.15) is 13.2 Å². The highest BCUT2D eigenvalue weighted by Gasteiger charge is 2.31. The van der Waals surface area contributed by atoms with E-state index < -0.39 is 29.6 Å². The van der Waals surface area contributed by atoms with Crippen LogP contribution in [0.4, 0.5) is 22.4 Å². The maximum absolute atomic E-state index is 14.5. The summed E-state index contributed by atoms with van der Waals surface area (Å²) in [6.07, 6.45) is -5.51. The molecule has 3 aromatic carbocycles. The lowest BCUT2D eigenvalue weighted by Gasteiger charge is -2.23. The molecule has 0 saturated carbocycles. The molecule has 0 atom stereocenters. The molecule has 0 bridgehead atoms. The maximum atomic E-state index is 14.5. The minimum atomic E-state index is -4.62. The lowest BCUT2D eigenvalue weighted by molar-refractivity contribution is -0.142. The lowest BCUT2D eigenvalue weighted by Crippen LogP contribution is -2.31. The van der Waals surface area contributed by atoms with Crippen LogP contribution in [0.25, 0.3) is 11.1 Å². The first kappa shape index (κ1) is 27.7. The summed E-state index contributed by atoms with van der Waals surface area (Å²) in [7, 11) is 0. The van der Waals surface area contributed by atoms with Crippen molar-refractivity contribution in [3.05, 3.63) is 94.8 Å². The van der Waals surface area contributed by atoms with Crippen LogP contribution in [0.5, 0.6) is 0 Å². The number of carbonyl (C=O) groups is 2. The van der Waals surface area contributed by atoms with Gasteiger partial charge < -0.3 is 14.4 Å². The van der Waals surface area contributed by atoms with E-state index in [1.807, 2.05) is 6.07 Å². The Kier molecular flexibility index (Phi) is 9.27. The van der Waals surface area contributed by atoms with Gasteiger partial charge in [-0.3, -0.25) is 4.79 Å². The van der Waals surface area contributed by atoms with Crippen molar-refractivity contribution in [3.63, 3.8) is 0 Å². The van der Waals surface area contributed by atoms with Crippen molar-refractivity contribution < 1.29 is 36.6 Å². The number of rotatable bonds is 9. The predicted molar refractivity (Wildman–Crippen MR) is 130 cm³/mol. The van der Waals surface area contributed by atoms with Gasteiger partial charge in [0.2, 0.25) is 0 Å². The summed E-state index contributed by atoms with van der Waals surface area (Å²) in [4.78, 5) is 25.9. The zero-order valence-electron chi connectivity index (χ0n) is 20.5. The van der Waals surface area contributed by atoms with Crippen LogP contribution in [0.1, 0.15) is 36.1 Å². The molecule has 0 fully saturated rings. The van der Waals surface area contributed by atoms with Gasteiger partial charge in [-0.1, -0.05) is 42.5 Å². The SMILES string of the molecule is CCOC(=O)Cc1cc(F)cc(-c2ccc(C(F)(F)F)cc2CN(CC)C(=O)OCc2ccccc2)c1. The summed E-state index contributed by atoms with van der Waals surface area (Å²) >= 11 is 0. The largest absolute Gasteiger partial charge is 0.466 e. The topological polar surface area (TPSA) is 55.8 Å². The molecule has 0 aliphatic carbocycles. The molecule has 9 heteroatoms. The van der Waals surface area contributed by atoms with Crippen LogP contribution in [0.3, 0.4) is 0 Å². The Morgan fingerprint density at radius 2 is 1.62 bits per heavy atom. The van der Waals surface area contributed by atoms with Gasteiger partial charge in [0.25, 0.3) is 0 Å². The molecule has 0 heterocycles. The third-order valence-corrected chi connectivity index (χ3v) is 5.56.